The van der Waals surface area contributed by atoms with E-state index in [1.807, 2.05) is 7.05 Å². The van der Waals surface area contributed by atoms with Crippen LogP contribution < -0.4 is 0 Å². The van der Waals surface area contributed by atoms with Crippen molar-refractivity contribution in [2.24, 2.45) is 13.0 Å². The molecule has 2 unspecified atom stereocenters. The van der Waals surface area contributed by atoms with Crippen molar-refractivity contribution in [2.75, 3.05) is 6.54 Å². The lowest BCUT2D eigenvalue weighted by Gasteiger charge is -2.25. The molecule has 1 aliphatic carbocycles. The van der Waals surface area contributed by atoms with E-state index in [0.29, 0.717) is 5.15 Å². The Labute approximate surface area is 116 Å². The summed E-state index contributed by atoms with van der Waals surface area (Å²) in [7, 11) is 1.88. The molecular formula is C13H16ClN5. The molecule has 1 saturated heterocycles. The lowest BCUT2D eigenvalue weighted by Crippen LogP contribution is -2.32. The summed E-state index contributed by atoms with van der Waals surface area (Å²) in [6.07, 6.45) is 5.79. The van der Waals surface area contributed by atoms with Crippen molar-refractivity contribution >= 4 is 22.6 Å². The first-order chi connectivity index (χ1) is 9.20. The minimum absolute atomic E-state index is 0.512. The third kappa shape index (κ3) is 1.83. The monoisotopic (exact) mass is 277 g/mol. The van der Waals surface area contributed by atoms with Crippen LogP contribution in [0, 0.1) is 5.92 Å². The van der Waals surface area contributed by atoms with Crippen LogP contribution in [-0.2, 0) is 13.6 Å². The van der Waals surface area contributed by atoms with Gasteiger partial charge in [-0.2, -0.15) is 5.10 Å². The third-order valence-electron chi connectivity index (χ3n) is 4.46. The zero-order valence-corrected chi connectivity index (χ0v) is 11.6. The second-order valence-electron chi connectivity index (χ2n) is 5.70. The van der Waals surface area contributed by atoms with E-state index in [-0.39, 0.29) is 0 Å². The largest absolute Gasteiger partial charge is 0.293 e. The smallest absolute Gasteiger partial charge is 0.162 e. The van der Waals surface area contributed by atoms with Gasteiger partial charge in [0.25, 0.3) is 0 Å². The van der Waals surface area contributed by atoms with Crippen molar-refractivity contribution in [3.05, 3.63) is 17.2 Å². The van der Waals surface area contributed by atoms with Crippen LogP contribution in [0.5, 0.6) is 0 Å². The Morgan fingerprint density at radius 2 is 2.26 bits per heavy atom. The van der Waals surface area contributed by atoms with Crippen LogP contribution >= 0.6 is 11.6 Å². The van der Waals surface area contributed by atoms with E-state index in [9.17, 15) is 0 Å². The molecule has 4 rings (SSSR count). The Bertz CT molecular complexity index is 637. The first-order valence-electron chi connectivity index (χ1n) is 6.79. The molecule has 100 valence electrons. The molecular weight excluding hydrogens is 262 g/mol. The van der Waals surface area contributed by atoms with E-state index in [2.05, 4.69) is 20.0 Å². The molecule has 2 bridgehead atoms. The molecule has 2 aliphatic rings. The molecule has 2 aromatic heterocycles. The van der Waals surface area contributed by atoms with Gasteiger partial charge in [0, 0.05) is 19.6 Å². The fourth-order valence-electron chi connectivity index (χ4n) is 3.50. The Balaban J connectivity index is 1.66. The Morgan fingerprint density at radius 3 is 3.00 bits per heavy atom. The van der Waals surface area contributed by atoms with Crippen molar-refractivity contribution in [1.82, 2.24) is 24.6 Å². The lowest BCUT2D eigenvalue weighted by molar-refractivity contribution is 0.200. The lowest BCUT2D eigenvalue weighted by atomic mass is 10.1. The molecule has 2 atom stereocenters. The molecule has 2 fully saturated rings. The number of piperidine rings is 1. The van der Waals surface area contributed by atoms with Crippen LogP contribution in [0.15, 0.2) is 6.20 Å². The van der Waals surface area contributed by atoms with Crippen LogP contribution in [0.4, 0.5) is 0 Å². The van der Waals surface area contributed by atoms with E-state index < -0.39 is 0 Å². The maximum atomic E-state index is 6.22. The van der Waals surface area contributed by atoms with Crippen molar-refractivity contribution in [3.8, 4) is 0 Å². The molecule has 0 spiro atoms. The Hall–Kier alpha value is -1.20. The predicted molar refractivity (Wildman–Crippen MR) is 72.9 cm³/mol. The second kappa shape index (κ2) is 4.15. The van der Waals surface area contributed by atoms with Gasteiger partial charge in [0.05, 0.1) is 18.1 Å². The van der Waals surface area contributed by atoms with Crippen LogP contribution in [0.2, 0.25) is 5.15 Å². The van der Waals surface area contributed by atoms with Gasteiger partial charge in [-0.15, -0.1) is 0 Å². The Morgan fingerprint density at radius 1 is 1.37 bits per heavy atom. The maximum Gasteiger partial charge on any atom is 0.162 e. The SMILES string of the molecule is Cn1ncc2c(Cl)nc(CN3CC4CCC3C4)nc21. The summed E-state index contributed by atoms with van der Waals surface area (Å²) >= 11 is 6.22. The predicted octanol–water partition coefficient (Wildman–Crippen LogP) is 2.00. The molecule has 0 N–H and O–H groups in total. The van der Waals surface area contributed by atoms with Crippen LogP contribution in [0.25, 0.3) is 11.0 Å². The number of aryl methyl sites for hydroxylation is 1. The minimum atomic E-state index is 0.512. The first-order valence-corrected chi connectivity index (χ1v) is 7.16. The summed E-state index contributed by atoms with van der Waals surface area (Å²) in [4.78, 5) is 11.5. The molecule has 1 aliphatic heterocycles. The van der Waals surface area contributed by atoms with E-state index >= 15 is 0 Å². The number of rotatable bonds is 2. The van der Waals surface area contributed by atoms with E-state index in [1.165, 1.54) is 25.8 Å². The molecule has 1 saturated carbocycles. The van der Waals surface area contributed by atoms with Gasteiger partial charge in [0.15, 0.2) is 5.65 Å². The average molecular weight is 278 g/mol. The molecule has 0 amide bonds. The molecule has 19 heavy (non-hydrogen) atoms. The quantitative estimate of drug-likeness (QED) is 0.788. The normalized spacial score (nSPS) is 26.6. The summed E-state index contributed by atoms with van der Waals surface area (Å²) in [5.74, 6) is 1.70. The molecule has 0 aromatic carbocycles. The van der Waals surface area contributed by atoms with Gasteiger partial charge in [-0.3, -0.25) is 9.58 Å². The third-order valence-corrected chi connectivity index (χ3v) is 4.75. The molecule has 5 nitrogen and oxygen atoms in total. The Kier molecular flexibility index (Phi) is 2.53. The number of halogens is 1. The first kappa shape index (κ1) is 11.6. The summed E-state index contributed by atoms with van der Waals surface area (Å²) < 4.78 is 1.75. The summed E-state index contributed by atoms with van der Waals surface area (Å²) in [5, 5.41) is 5.52. The van der Waals surface area contributed by atoms with Gasteiger partial charge in [-0.1, -0.05) is 11.6 Å². The number of hydrogen-bond acceptors (Lipinski definition) is 4. The maximum absolute atomic E-state index is 6.22. The van der Waals surface area contributed by atoms with Crippen LogP contribution in [-0.4, -0.2) is 37.2 Å². The van der Waals surface area contributed by atoms with Gasteiger partial charge >= 0.3 is 0 Å². The van der Waals surface area contributed by atoms with Crippen molar-refractivity contribution < 1.29 is 0 Å². The highest BCUT2D eigenvalue weighted by atomic mass is 35.5. The molecule has 2 aromatic rings. The standard InChI is InChI=1S/C13H16ClN5/c1-18-13-10(5-15-18)12(14)16-11(17-13)7-19-6-8-2-3-9(19)4-8/h5,8-9H,2-4,6-7H2,1H3. The molecule has 6 heteroatoms. The number of aromatic nitrogens is 4. The van der Waals surface area contributed by atoms with Gasteiger partial charge < -0.3 is 0 Å². The van der Waals surface area contributed by atoms with E-state index in [4.69, 9.17) is 11.6 Å². The average Bonchev–Trinajstić information content (AvgIpc) is 3.06. The zero-order chi connectivity index (χ0) is 13.0. The zero-order valence-electron chi connectivity index (χ0n) is 10.9. The van der Waals surface area contributed by atoms with Crippen molar-refractivity contribution in [3.63, 3.8) is 0 Å². The highest BCUT2D eigenvalue weighted by Gasteiger charge is 2.37. The van der Waals surface area contributed by atoms with Crippen molar-refractivity contribution in [1.29, 1.82) is 0 Å². The van der Waals surface area contributed by atoms with Gasteiger partial charge in [-0.25, -0.2) is 9.97 Å². The summed E-state index contributed by atoms with van der Waals surface area (Å²) in [6, 6.07) is 0.731. The number of likely N-dealkylation sites (tertiary alicyclic amines) is 1. The minimum Gasteiger partial charge on any atom is -0.293 e. The highest BCUT2D eigenvalue weighted by molar-refractivity contribution is 6.33. The van der Waals surface area contributed by atoms with Crippen molar-refractivity contribution in [2.45, 2.75) is 31.8 Å². The van der Waals surface area contributed by atoms with E-state index in [0.717, 1.165) is 35.4 Å². The van der Waals surface area contributed by atoms with Crippen LogP contribution in [0.3, 0.4) is 0 Å². The highest BCUT2D eigenvalue weighted by Crippen LogP contribution is 2.38. The number of nitrogens with zero attached hydrogens (tertiary/aromatic N) is 5. The van der Waals surface area contributed by atoms with Gasteiger partial charge in [-0.05, 0) is 25.2 Å². The van der Waals surface area contributed by atoms with Crippen LogP contribution in [0.1, 0.15) is 25.1 Å². The topological polar surface area (TPSA) is 46.8 Å². The van der Waals surface area contributed by atoms with E-state index in [1.54, 1.807) is 10.9 Å². The number of hydrogen-bond donors (Lipinski definition) is 0. The summed E-state index contributed by atoms with van der Waals surface area (Å²) in [6.45, 7) is 2.00. The fourth-order valence-corrected chi connectivity index (χ4v) is 3.73. The van der Waals surface area contributed by atoms with Gasteiger partial charge in [0.2, 0.25) is 0 Å². The number of fused-ring (bicyclic) bond motifs is 3. The second-order valence-corrected chi connectivity index (χ2v) is 6.06. The molecule has 0 radical (unpaired) electrons. The summed E-state index contributed by atoms with van der Waals surface area (Å²) in [5.41, 5.74) is 0.819. The van der Waals surface area contributed by atoms with Gasteiger partial charge in [0.1, 0.15) is 11.0 Å². The fraction of sp³-hybridized carbons (Fsp3) is 0.615. The molecule has 3 heterocycles.